The fourth-order valence-electron chi connectivity index (χ4n) is 4.44. The molecule has 1 aliphatic rings. The van der Waals surface area contributed by atoms with Gasteiger partial charge in [0.25, 0.3) is 11.4 Å². The Kier molecular flexibility index (Phi) is 13.3. The van der Waals surface area contributed by atoms with Crippen LogP contribution in [-0.2, 0) is 16.8 Å². The number of rotatable bonds is 7. The molecule has 1 aliphatic heterocycles. The van der Waals surface area contributed by atoms with E-state index in [1.54, 1.807) is 37.3 Å². The van der Waals surface area contributed by atoms with Crippen LogP contribution in [0.15, 0.2) is 129 Å². The molecule has 0 aliphatic carbocycles. The number of benzene rings is 5. The number of hydrogen-bond acceptors (Lipinski definition) is 12. The van der Waals surface area contributed by atoms with Crippen LogP contribution in [0.3, 0.4) is 0 Å². The molecule has 1 radical (unpaired) electrons. The maximum absolute atomic E-state index is 10.8. The summed E-state index contributed by atoms with van der Waals surface area (Å²) in [7, 11) is 0. The molecule has 5 aromatic rings. The fraction of sp³-hybridized carbons (Fsp3) is 0.0625. The van der Waals surface area contributed by atoms with E-state index < -0.39 is 15.9 Å². The Bertz CT molecular complexity index is 2150. The van der Waals surface area contributed by atoms with Gasteiger partial charge >= 0.3 is 35.5 Å². The van der Waals surface area contributed by atoms with E-state index in [0.717, 1.165) is 23.6 Å². The van der Waals surface area contributed by atoms with E-state index in [4.69, 9.17) is 0 Å². The number of hydrogen-bond donors (Lipinski definition) is 3. The average Bonchev–Trinajstić information content (AvgIpc) is 3.37. The van der Waals surface area contributed by atoms with Crippen molar-refractivity contribution >= 4 is 56.5 Å². The third kappa shape index (κ3) is 8.90. The minimum absolute atomic E-state index is 0. The first-order valence-electron chi connectivity index (χ1n) is 14.0. The number of para-hydroxylation sites is 1. The first-order chi connectivity index (χ1) is 23.0. The number of phenolic OH excluding ortho intramolecular Hbond substituents is 3. The number of fused-ring (bicyclic) bond motifs is 1. The first kappa shape index (κ1) is 38.9. The molecule has 4 N–H and O–H groups in total. The summed E-state index contributed by atoms with van der Waals surface area (Å²) in [5, 5.41) is 73.8. The van der Waals surface area contributed by atoms with Crippen molar-refractivity contribution in [2.75, 3.05) is 5.01 Å². The second-order valence-electron chi connectivity index (χ2n) is 10.1. The summed E-state index contributed by atoms with van der Waals surface area (Å²) >= 11 is 0. The number of anilines is 1. The number of non-ortho nitro benzene ring substituents is 2. The molecule has 0 bridgehead atoms. The van der Waals surface area contributed by atoms with Crippen molar-refractivity contribution in [3.63, 3.8) is 0 Å². The van der Waals surface area contributed by atoms with Crippen LogP contribution >= 0.6 is 0 Å². The Labute approximate surface area is 315 Å². The van der Waals surface area contributed by atoms with Gasteiger partial charge in [0.2, 0.25) is 6.04 Å². The van der Waals surface area contributed by atoms with Crippen molar-refractivity contribution < 1.29 is 76.3 Å². The Balaban J connectivity index is 0.000000261. The minimum atomic E-state index is -0.834. The number of carbonyl (C=O) groups excluding carboxylic acids is 1. The van der Waals surface area contributed by atoms with Crippen molar-refractivity contribution in [2.24, 2.45) is 25.6 Å². The second-order valence-corrected chi connectivity index (χ2v) is 10.1. The third-order valence-corrected chi connectivity index (χ3v) is 6.87. The molecule has 1 heterocycles. The van der Waals surface area contributed by atoms with Crippen LogP contribution in [0.2, 0.25) is 0 Å². The maximum Gasteiger partial charge on any atom is 1.00 e. The topological polar surface area (TPSA) is 233 Å². The first-order valence-corrected chi connectivity index (χ1v) is 14.0. The van der Waals surface area contributed by atoms with Gasteiger partial charge in [-0.1, -0.05) is 48.5 Å². The van der Waals surface area contributed by atoms with Crippen LogP contribution < -0.4 is 34.6 Å². The second kappa shape index (κ2) is 17.2. The van der Waals surface area contributed by atoms with E-state index in [1.165, 1.54) is 29.3 Å². The molecule has 5 aromatic carbocycles. The minimum Gasteiger partial charge on any atom is -0.506 e. The van der Waals surface area contributed by atoms with Gasteiger partial charge in [0.05, 0.1) is 21.2 Å². The van der Waals surface area contributed by atoms with Crippen molar-refractivity contribution in [1.82, 2.24) is 0 Å². The molecule has 0 spiro atoms. The van der Waals surface area contributed by atoms with Crippen LogP contribution in [0.5, 0.6) is 17.2 Å². The van der Waals surface area contributed by atoms with Crippen LogP contribution in [0.1, 0.15) is 6.92 Å². The Morgan fingerprint density at radius 3 is 1.88 bits per heavy atom. The molecular weight excluding hydrogens is 706 g/mol. The van der Waals surface area contributed by atoms with Crippen molar-refractivity contribution in [1.29, 1.82) is 0 Å². The summed E-state index contributed by atoms with van der Waals surface area (Å²) in [6, 6.07) is 25.6. The summed E-state index contributed by atoms with van der Waals surface area (Å²) in [6.07, 6.45) is 0. The smallest absolute Gasteiger partial charge is 0.506 e. The molecule has 1 atom stereocenters. The standard InChI is InChI=1S/C16H13N5O4.C16H11N3O4.Co.Na/c1-10-15(16(23)20(19-10)11-5-3-2-4-6-11)18-17-13-9-12(21(24)25)7-8-14(13)22;20-14-8-6-11(19(22)23)9-13(14)17-18-16-12-4-2-1-3-10(12)5-7-15(16)21;;/h2-9,15,22H,1H3;1-9,20-21H;;/q;;;+1/p+1. The number of amides is 1. The van der Waals surface area contributed by atoms with Crippen LogP contribution in [0.4, 0.5) is 34.1 Å². The van der Waals surface area contributed by atoms with Gasteiger partial charge in [-0.2, -0.15) is 20.3 Å². The molecule has 249 valence electrons. The number of nitro groups is 2. The van der Waals surface area contributed by atoms with Crippen molar-refractivity contribution in [3.8, 4) is 17.2 Å². The van der Waals surface area contributed by atoms with Crippen LogP contribution in [0.25, 0.3) is 10.8 Å². The molecule has 6 rings (SSSR count). The third-order valence-electron chi connectivity index (χ3n) is 6.87. The average molecular weight is 732 g/mol. The van der Waals surface area contributed by atoms with Gasteiger partial charge in [-0.3, -0.25) is 25.0 Å². The van der Waals surface area contributed by atoms with Crippen LogP contribution in [0, 0.1) is 20.2 Å². The zero-order valence-corrected chi connectivity index (χ0v) is 29.3. The predicted molar refractivity (Wildman–Crippen MR) is 177 cm³/mol. The number of phenols is 3. The molecule has 18 heteroatoms. The molecule has 1 amide bonds. The predicted octanol–water partition coefficient (Wildman–Crippen LogP) is 4.73. The summed E-state index contributed by atoms with van der Waals surface area (Å²) in [4.78, 5) is 30.8. The van der Waals surface area contributed by atoms with Crippen molar-refractivity contribution in [2.45, 2.75) is 13.0 Å². The Hall–Kier alpha value is -5.59. The Morgan fingerprint density at radius 2 is 1.28 bits per heavy atom. The largest absolute Gasteiger partial charge is 1.00 e. The number of azo groups is 2. The molecule has 1 unspecified atom stereocenters. The molecule has 0 saturated heterocycles. The van der Waals surface area contributed by atoms with E-state index in [0.29, 0.717) is 16.8 Å². The van der Waals surface area contributed by atoms with Gasteiger partial charge < -0.3 is 15.3 Å². The van der Waals surface area contributed by atoms with Gasteiger partial charge in [-0.15, -0.1) is 10.2 Å². The summed E-state index contributed by atoms with van der Waals surface area (Å²) in [5.74, 6) is -0.699. The number of nitrogens with zero attached hydrogens (tertiary/aromatic N) is 8. The molecule has 0 fully saturated rings. The SMILES string of the molecule is CC1=NN(c2ccccc2)C(=[OH+])C1N=Nc1cc([N+](=O)[O-])ccc1O.O=[N+]([O-])c1ccc(O)c(N=Nc2c(O)ccc3ccccc23)c1.[Co].[Na+]. The van der Waals surface area contributed by atoms with Gasteiger partial charge in [-0.25, -0.2) is 0 Å². The normalized spacial score (nSPS) is 13.7. The van der Waals surface area contributed by atoms with E-state index >= 15 is 0 Å². The zero-order chi connectivity index (χ0) is 34.4. The van der Waals surface area contributed by atoms with Gasteiger partial charge in [0.1, 0.15) is 34.3 Å². The molecular formula is C32H25CoN8NaO8+2. The van der Waals surface area contributed by atoms with E-state index in [9.17, 15) is 40.3 Å². The molecule has 0 aromatic heterocycles. The molecule has 0 saturated carbocycles. The number of hydrazone groups is 1. The van der Waals surface area contributed by atoms with Crippen LogP contribution in [-0.4, -0.2) is 47.6 Å². The quantitative estimate of drug-likeness (QED) is 0.0699. The zero-order valence-electron chi connectivity index (χ0n) is 26.2. The maximum atomic E-state index is 10.8. The van der Waals surface area contributed by atoms with Crippen molar-refractivity contribution in [3.05, 3.63) is 123 Å². The monoisotopic (exact) mass is 731 g/mol. The summed E-state index contributed by atoms with van der Waals surface area (Å²) in [6.45, 7) is 1.68. The van der Waals surface area contributed by atoms with E-state index in [2.05, 4.69) is 25.6 Å². The number of nitro benzene ring substituents is 2. The summed E-state index contributed by atoms with van der Waals surface area (Å²) < 4.78 is 0. The number of aromatic hydroxyl groups is 3. The Morgan fingerprint density at radius 1 is 0.740 bits per heavy atom. The van der Waals surface area contributed by atoms with Gasteiger partial charge in [0.15, 0.2) is 0 Å². The molecule has 50 heavy (non-hydrogen) atoms. The fourth-order valence-corrected chi connectivity index (χ4v) is 4.44. The molecule has 16 nitrogen and oxygen atoms in total. The van der Waals surface area contributed by atoms with Gasteiger partial charge in [0, 0.05) is 46.4 Å². The van der Waals surface area contributed by atoms with Gasteiger partial charge in [-0.05, 0) is 42.6 Å². The van der Waals surface area contributed by atoms with E-state index in [-0.39, 0.29) is 97.9 Å². The van der Waals surface area contributed by atoms with E-state index in [1.807, 2.05) is 30.3 Å². The summed E-state index contributed by atoms with van der Waals surface area (Å²) in [5.41, 5.74) is 0.848.